The number of aryl methyl sites for hydroxylation is 1. The molecule has 0 spiro atoms. The van der Waals surface area contributed by atoms with E-state index in [2.05, 4.69) is 26.6 Å². The summed E-state index contributed by atoms with van der Waals surface area (Å²) in [6, 6.07) is 11.3. The van der Waals surface area contributed by atoms with Crippen molar-refractivity contribution in [2.75, 3.05) is 10.6 Å². The van der Waals surface area contributed by atoms with Gasteiger partial charge in [-0.15, -0.1) is 0 Å². The predicted octanol–water partition coefficient (Wildman–Crippen LogP) is 5.23. The monoisotopic (exact) mass is 423 g/mol. The molecular weight excluding hydrogens is 411 g/mol. The number of hydrogen-bond donors (Lipinski definition) is 2. The molecule has 0 aliphatic rings. The first-order valence-electron chi connectivity index (χ1n) is 7.32. The fraction of sp³-hybridized carbons (Fsp3) is 0.111. The molecule has 2 aromatic carbocycles. The second-order valence-corrected chi connectivity index (χ2v) is 6.17. The maximum absolute atomic E-state index is 12.7. The third-order valence-corrected chi connectivity index (χ3v) is 4.24. The Morgan fingerprint density at radius 2 is 1.92 bits per heavy atom. The van der Waals surface area contributed by atoms with Gasteiger partial charge in [-0.2, -0.15) is 18.4 Å². The van der Waals surface area contributed by atoms with Gasteiger partial charge in [-0.1, -0.05) is 22.0 Å². The van der Waals surface area contributed by atoms with Crippen LogP contribution < -0.4 is 10.6 Å². The lowest BCUT2D eigenvalue weighted by atomic mass is 10.2. The number of alkyl halides is 3. The summed E-state index contributed by atoms with van der Waals surface area (Å²) >= 11 is 3.36. The molecule has 0 aliphatic heterocycles. The number of nitrogens with one attached hydrogen (secondary N) is 2. The van der Waals surface area contributed by atoms with Crippen LogP contribution in [0.15, 0.2) is 58.7 Å². The Morgan fingerprint density at radius 3 is 2.54 bits per heavy atom. The molecule has 0 bridgehead atoms. The Kier molecular flexibility index (Phi) is 6.05. The van der Waals surface area contributed by atoms with Crippen molar-refractivity contribution in [1.82, 2.24) is 0 Å². The van der Waals surface area contributed by atoms with Gasteiger partial charge < -0.3 is 10.6 Å². The van der Waals surface area contributed by atoms with Gasteiger partial charge in [-0.25, -0.2) is 0 Å². The molecule has 0 atom stereocenters. The summed E-state index contributed by atoms with van der Waals surface area (Å²) in [6.45, 7) is 1.88. The van der Waals surface area contributed by atoms with Crippen LogP contribution in [0.1, 0.15) is 11.1 Å². The Hall–Kier alpha value is -2.79. The Labute approximate surface area is 156 Å². The molecule has 26 heavy (non-hydrogen) atoms. The molecule has 2 rings (SSSR count). The van der Waals surface area contributed by atoms with Gasteiger partial charge in [0, 0.05) is 22.0 Å². The first kappa shape index (κ1) is 19.5. The fourth-order valence-electron chi connectivity index (χ4n) is 2.01. The normalized spacial score (nSPS) is 11.6. The smallest absolute Gasteiger partial charge is 0.360 e. The maximum Gasteiger partial charge on any atom is 0.416 e. The highest BCUT2D eigenvalue weighted by Gasteiger charge is 2.30. The number of rotatable bonds is 4. The van der Waals surface area contributed by atoms with E-state index in [-0.39, 0.29) is 11.3 Å². The van der Waals surface area contributed by atoms with Crippen molar-refractivity contribution in [3.63, 3.8) is 0 Å². The quantitative estimate of drug-likeness (QED) is 0.522. The van der Waals surface area contributed by atoms with Crippen molar-refractivity contribution in [2.24, 2.45) is 0 Å². The number of carbonyl (C=O) groups excluding carboxylic acids is 1. The summed E-state index contributed by atoms with van der Waals surface area (Å²) in [4.78, 5) is 12.1. The lowest BCUT2D eigenvalue weighted by molar-refractivity contribution is -0.137. The number of halogens is 4. The van der Waals surface area contributed by atoms with E-state index in [0.717, 1.165) is 22.2 Å². The summed E-state index contributed by atoms with van der Waals surface area (Å²) in [5.74, 6) is -0.812. The standard InChI is InChI=1S/C18H13BrF3N3O/c1-11-7-14(5-6-16(11)19)24-10-12(9-23)17(26)25-15-4-2-3-13(8-15)18(20,21)22/h2-8,10,24H,1H3,(H,25,26)/b12-10-. The molecule has 4 nitrogen and oxygen atoms in total. The summed E-state index contributed by atoms with van der Waals surface area (Å²) in [7, 11) is 0. The molecule has 0 unspecified atom stereocenters. The van der Waals surface area contributed by atoms with Crippen LogP contribution in [0.4, 0.5) is 24.5 Å². The number of nitrogens with zero attached hydrogens (tertiary/aromatic N) is 1. The van der Waals surface area contributed by atoms with E-state index >= 15 is 0 Å². The zero-order chi connectivity index (χ0) is 19.3. The Morgan fingerprint density at radius 1 is 1.19 bits per heavy atom. The third kappa shape index (κ3) is 5.10. The SMILES string of the molecule is Cc1cc(N/C=C(/C#N)C(=O)Nc2cccc(C(F)(F)F)c2)ccc1Br. The highest BCUT2D eigenvalue weighted by Crippen LogP contribution is 2.30. The summed E-state index contributed by atoms with van der Waals surface area (Å²) in [5.41, 5.74) is 0.398. The zero-order valence-corrected chi connectivity index (χ0v) is 15.1. The molecule has 1 amide bonds. The van der Waals surface area contributed by atoms with Gasteiger partial charge in [-0.3, -0.25) is 4.79 Å². The molecule has 0 fully saturated rings. The van der Waals surface area contributed by atoms with Gasteiger partial charge in [0.25, 0.3) is 5.91 Å². The first-order valence-corrected chi connectivity index (χ1v) is 8.11. The lowest BCUT2D eigenvalue weighted by Gasteiger charge is -2.10. The van der Waals surface area contributed by atoms with Crippen LogP contribution in [0.3, 0.4) is 0 Å². The summed E-state index contributed by atoms with van der Waals surface area (Å²) in [5, 5.41) is 14.2. The second kappa shape index (κ2) is 8.06. The van der Waals surface area contributed by atoms with Gasteiger partial charge in [0.1, 0.15) is 11.6 Å². The van der Waals surface area contributed by atoms with Gasteiger partial charge >= 0.3 is 6.18 Å². The van der Waals surface area contributed by atoms with Crippen molar-refractivity contribution < 1.29 is 18.0 Å². The van der Waals surface area contributed by atoms with Crippen molar-refractivity contribution >= 4 is 33.2 Å². The molecule has 2 N–H and O–H groups in total. The van der Waals surface area contributed by atoms with Crippen LogP contribution in [0.5, 0.6) is 0 Å². The van der Waals surface area contributed by atoms with Crippen molar-refractivity contribution in [2.45, 2.75) is 13.1 Å². The van der Waals surface area contributed by atoms with E-state index in [1.165, 1.54) is 18.3 Å². The van der Waals surface area contributed by atoms with E-state index in [1.807, 2.05) is 6.92 Å². The van der Waals surface area contributed by atoms with E-state index < -0.39 is 17.6 Å². The molecule has 0 aliphatic carbocycles. The van der Waals surface area contributed by atoms with Crippen LogP contribution in [-0.2, 0) is 11.0 Å². The van der Waals surface area contributed by atoms with Crippen molar-refractivity contribution in [3.8, 4) is 6.07 Å². The van der Waals surface area contributed by atoms with Crippen LogP contribution in [0.2, 0.25) is 0 Å². The average Bonchev–Trinajstić information content (AvgIpc) is 2.58. The first-order chi connectivity index (χ1) is 12.2. The van der Waals surface area contributed by atoms with Crippen LogP contribution in [-0.4, -0.2) is 5.91 Å². The van der Waals surface area contributed by atoms with Gasteiger partial charge in [0.05, 0.1) is 5.56 Å². The molecule has 0 heterocycles. The zero-order valence-electron chi connectivity index (χ0n) is 13.5. The Balaban J connectivity index is 2.13. The van der Waals surface area contributed by atoms with E-state index in [9.17, 15) is 18.0 Å². The number of benzene rings is 2. The second-order valence-electron chi connectivity index (χ2n) is 5.31. The highest BCUT2D eigenvalue weighted by molar-refractivity contribution is 9.10. The average molecular weight is 424 g/mol. The molecule has 0 radical (unpaired) electrons. The molecule has 0 saturated heterocycles. The van der Waals surface area contributed by atoms with Gasteiger partial charge in [0.15, 0.2) is 0 Å². The molecule has 2 aromatic rings. The lowest BCUT2D eigenvalue weighted by Crippen LogP contribution is -2.15. The van der Waals surface area contributed by atoms with Crippen LogP contribution in [0, 0.1) is 18.3 Å². The van der Waals surface area contributed by atoms with E-state index in [1.54, 1.807) is 24.3 Å². The molecule has 0 aromatic heterocycles. The number of nitriles is 1. The minimum atomic E-state index is -4.52. The summed E-state index contributed by atoms with van der Waals surface area (Å²) in [6.07, 6.45) is -3.32. The minimum Gasteiger partial charge on any atom is -0.360 e. The van der Waals surface area contributed by atoms with Crippen molar-refractivity contribution in [1.29, 1.82) is 5.26 Å². The topological polar surface area (TPSA) is 64.9 Å². The molecule has 0 saturated carbocycles. The van der Waals surface area contributed by atoms with Crippen LogP contribution in [0.25, 0.3) is 0 Å². The predicted molar refractivity (Wildman–Crippen MR) is 96.3 cm³/mol. The molecule has 8 heteroatoms. The maximum atomic E-state index is 12.7. The van der Waals surface area contributed by atoms with Crippen molar-refractivity contribution in [3.05, 3.63) is 69.8 Å². The largest absolute Gasteiger partial charge is 0.416 e. The van der Waals surface area contributed by atoms with Crippen LogP contribution >= 0.6 is 15.9 Å². The van der Waals surface area contributed by atoms with Gasteiger partial charge in [-0.05, 0) is 48.9 Å². The summed E-state index contributed by atoms with van der Waals surface area (Å²) < 4.78 is 39.0. The minimum absolute atomic E-state index is 0.0505. The number of amides is 1. The van der Waals surface area contributed by atoms with E-state index in [0.29, 0.717) is 5.69 Å². The molecule has 134 valence electrons. The van der Waals surface area contributed by atoms with Gasteiger partial charge in [0.2, 0.25) is 0 Å². The fourth-order valence-corrected chi connectivity index (χ4v) is 2.26. The number of anilines is 2. The van der Waals surface area contributed by atoms with E-state index in [4.69, 9.17) is 5.26 Å². The Bertz CT molecular complexity index is 901. The number of hydrogen-bond acceptors (Lipinski definition) is 3. The third-order valence-electron chi connectivity index (χ3n) is 3.35. The number of carbonyl (C=O) groups is 1. The molecular formula is C18H13BrF3N3O. The highest BCUT2D eigenvalue weighted by atomic mass is 79.9.